The lowest BCUT2D eigenvalue weighted by atomic mass is 10.3. The molecule has 0 bridgehead atoms. The second kappa shape index (κ2) is 9.63. The van der Waals surface area contributed by atoms with E-state index >= 15 is 0 Å². The third kappa shape index (κ3) is 5.81. The predicted octanol–water partition coefficient (Wildman–Crippen LogP) is 2.24. The number of amides is 1. The number of hydrazine groups is 1. The Morgan fingerprint density at radius 1 is 1.15 bits per heavy atom. The molecule has 0 aromatic heterocycles. The van der Waals surface area contributed by atoms with E-state index in [2.05, 4.69) is 16.2 Å². The van der Waals surface area contributed by atoms with Gasteiger partial charge >= 0.3 is 0 Å². The lowest BCUT2D eigenvalue weighted by molar-refractivity contribution is -0.109. The van der Waals surface area contributed by atoms with Crippen LogP contribution in [0.5, 0.6) is 0 Å². The van der Waals surface area contributed by atoms with Gasteiger partial charge in [-0.15, -0.1) is 23.2 Å². The number of nitrogens with one attached hydrogen (secondary N) is 3. The highest BCUT2D eigenvalue weighted by atomic mass is 35.5. The molecular weight excluding hydrogens is 319 g/mol. The number of hydrogen-bond donors (Lipinski definition) is 3. The molecule has 8 heteroatoms. The fourth-order valence-electron chi connectivity index (χ4n) is 1.47. The first-order valence-electron chi connectivity index (χ1n) is 5.94. The van der Waals surface area contributed by atoms with Crippen LogP contribution in [0, 0.1) is 0 Å². The van der Waals surface area contributed by atoms with Crippen LogP contribution in [0.2, 0.25) is 0 Å². The van der Waals surface area contributed by atoms with Crippen molar-refractivity contribution in [3.8, 4) is 0 Å². The summed E-state index contributed by atoms with van der Waals surface area (Å²) in [4.78, 5) is 12.1. The zero-order chi connectivity index (χ0) is 14.8. The molecule has 0 aliphatic carbocycles. The molecule has 0 spiro atoms. The maximum absolute atomic E-state index is 10.2. The van der Waals surface area contributed by atoms with Crippen molar-refractivity contribution in [2.24, 2.45) is 0 Å². The lowest BCUT2D eigenvalue weighted by Gasteiger charge is -2.24. The lowest BCUT2D eigenvalue weighted by Crippen LogP contribution is -2.37. The van der Waals surface area contributed by atoms with Crippen molar-refractivity contribution in [3.05, 3.63) is 24.3 Å². The van der Waals surface area contributed by atoms with Gasteiger partial charge in [-0.2, -0.15) is 0 Å². The van der Waals surface area contributed by atoms with Crippen LogP contribution in [0.15, 0.2) is 24.3 Å². The minimum atomic E-state index is 0.485. The fraction of sp³-hybridized carbons (Fsp3) is 0.333. The van der Waals surface area contributed by atoms with E-state index in [9.17, 15) is 4.79 Å². The number of hydrogen-bond acceptors (Lipinski definition) is 3. The van der Waals surface area contributed by atoms with Gasteiger partial charge in [-0.3, -0.25) is 15.6 Å². The Kier molecular flexibility index (Phi) is 8.10. The summed E-state index contributed by atoms with van der Waals surface area (Å²) in [6.45, 7) is 1.28. The summed E-state index contributed by atoms with van der Waals surface area (Å²) in [7, 11) is 0. The minimum Gasteiger partial charge on any atom is -0.347 e. The molecule has 3 N–H and O–H groups in total. The Labute approximate surface area is 133 Å². The van der Waals surface area contributed by atoms with Gasteiger partial charge in [0, 0.05) is 30.5 Å². The number of nitrogens with zero attached hydrogens (tertiary/aromatic N) is 1. The molecule has 1 rings (SSSR count). The molecular formula is C12H16Cl2N4OS. The standard InChI is InChI=1S/C12H16Cl2N4OS/c13-5-7-18(8-6-14)12(20)16-10-1-3-11(4-2-10)17-15-9-19/h1-4,9,17H,5-8H2,(H,15,19)(H,16,20). The van der Waals surface area contributed by atoms with Gasteiger partial charge < -0.3 is 10.2 Å². The van der Waals surface area contributed by atoms with E-state index in [4.69, 9.17) is 35.4 Å². The van der Waals surface area contributed by atoms with E-state index < -0.39 is 0 Å². The average molecular weight is 335 g/mol. The van der Waals surface area contributed by atoms with Gasteiger partial charge in [0.25, 0.3) is 0 Å². The Morgan fingerprint density at radius 2 is 1.70 bits per heavy atom. The summed E-state index contributed by atoms with van der Waals surface area (Å²) in [6, 6.07) is 7.32. The average Bonchev–Trinajstić information content (AvgIpc) is 2.46. The zero-order valence-corrected chi connectivity index (χ0v) is 13.1. The van der Waals surface area contributed by atoms with Crippen LogP contribution in [-0.4, -0.2) is 41.3 Å². The highest BCUT2D eigenvalue weighted by molar-refractivity contribution is 7.80. The molecule has 0 fully saturated rings. The quantitative estimate of drug-likeness (QED) is 0.294. The van der Waals surface area contributed by atoms with Gasteiger partial charge in [-0.25, -0.2) is 0 Å². The molecule has 20 heavy (non-hydrogen) atoms. The largest absolute Gasteiger partial charge is 0.347 e. The van der Waals surface area contributed by atoms with E-state index in [0.29, 0.717) is 36.4 Å². The van der Waals surface area contributed by atoms with Gasteiger partial charge in [-0.05, 0) is 36.5 Å². The van der Waals surface area contributed by atoms with Gasteiger partial charge in [0.05, 0.1) is 5.69 Å². The Hall–Kier alpha value is -1.24. The molecule has 1 aromatic carbocycles. The van der Waals surface area contributed by atoms with Crippen LogP contribution in [0.25, 0.3) is 0 Å². The molecule has 5 nitrogen and oxygen atoms in total. The summed E-state index contributed by atoms with van der Waals surface area (Å²) < 4.78 is 0. The summed E-state index contributed by atoms with van der Waals surface area (Å²) in [5.41, 5.74) is 6.69. The van der Waals surface area contributed by atoms with Crippen molar-refractivity contribution in [2.45, 2.75) is 0 Å². The number of benzene rings is 1. The monoisotopic (exact) mass is 334 g/mol. The van der Waals surface area contributed by atoms with Crippen molar-refractivity contribution in [1.29, 1.82) is 0 Å². The summed E-state index contributed by atoms with van der Waals surface area (Å²) in [5.74, 6) is 0.970. The Balaban J connectivity index is 2.57. The SMILES string of the molecule is O=CNNc1ccc(NC(=S)N(CCCl)CCCl)cc1. The fourth-order valence-corrected chi connectivity index (χ4v) is 2.18. The molecule has 0 aliphatic heterocycles. The number of halogens is 2. The van der Waals surface area contributed by atoms with Crippen LogP contribution in [-0.2, 0) is 4.79 Å². The first kappa shape index (κ1) is 16.8. The van der Waals surface area contributed by atoms with Crippen LogP contribution in [0.3, 0.4) is 0 Å². The van der Waals surface area contributed by atoms with Gasteiger partial charge in [-0.1, -0.05) is 0 Å². The maximum Gasteiger partial charge on any atom is 0.225 e. The molecule has 110 valence electrons. The molecule has 0 radical (unpaired) electrons. The van der Waals surface area contributed by atoms with Crippen LogP contribution in [0.1, 0.15) is 0 Å². The summed E-state index contributed by atoms with van der Waals surface area (Å²) in [6.07, 6.45) is 0.567. The molecule has 1 aromatic rings. The number of rotatable bonds is 8. The summed E-state index contributed by atoms with van der Waals surface area (Å²) in [5, 5.41) is 3.70. The number of thiocarbonyl (C=S) groups is 1. The molecule has 0 saturated carbocycles. The molecule has 0 saturated heterocycles. The van der Waals surface area contributed by atoms with E-state index in [1.165, 1.54) is 0 Å². The minimum absolute atomic E-state index is 0.485. The van der Waals surface area contributed by atoms with Crippen LogP contribution in [0.4, 0.5) is 11.4 Å². The summed E-state index contributed by atoms with van der Waals surface area (Å²) >= 11 is 16.8. The van der Waals surface area contributed by atoms with E-state index in [-0.39, 0.29) is 0 Å². The molecule has 0 heterocycles. The third-order valence-corrected chi connectivity index (χ3v) is 3.11. The van der Waals surface area contributed by atoms with Gasteiger partial charge in [0.2, 0.25) is 6.41 Å². The Morgan fingerprint density at radius 3 is 2.20 bits per heavy atom. The number of anilines is 2. The second-order valence-corrected chi connectivity index (χ2v) is 4.90. The maximum atomic E-state index is 10.2. The van der Waals surface area contributed by atoms with E-state index in [1.54, 1.807) is 0 Å². The van der Waals surface area contributed by atoms with E-state index in [0.717, 1.165) is 11.4 Å². The van der Waals surface area contributed by atoms with Crippen molar-refractivity contribution < 1.29 is 4.79 Å². The number of carbonyl (C=O) groups excluding carboxylic acids is 1. The van der Waals surface area contributed by atoms with E-state index in [1.807, 2.05) is 29.2 Å². The molecule has 1 amide bonds. The first-order valence-corrected chi connectivity index (χ1v) is 7.42. The topological polar surface area (TPSA) is 56.4 Å². The highest BCUT2D eigenvalue weighted by Gasteiger charge is 2.08. The first-order chi connectivity index (χ1) is 9.71. The normalized spacial score (nSPS) is 9.70. The molecule has 0 aliphatic rings. The molecule has 0 unspecified atom stereocenters. The zero-order valence-electron chi connectivity index (χ0n) is 10.7. The Bertz CT molecular complexity index is 424. The van der Waals surface area contributed by atoms with Gasteiger partial charge in [0.15, 0.2) is 5.11 Å². The van der Waals surface area contributed by atoms with Crippen LogP contribution >= 0.6 is 35.4 Å². The third-order valence-electron chi connectivity index (χ3n) is 2.41. The predicted molar refractivity (Wildman–Crippen MR) is 88.5 cm³/mol. The van der Waals surface area contributed by atoms with Crippen molar-refractivity contribution in [1.82, 2.24) is 10.3 Å². The molecule has 0 atom stereocenters. The van der Waals surface area contributed by atoms with Crippen molar-refractivity contribution in [2.75, 3.05) is 35.6 Å². The number of alkyl halides is 2. The second-order valence-electron chi connectivity index (χ2n) is 3.76. The van der Waals surface area contributed by atoms with Crippen molar-refractivity contribution in [3.63, 3.8) is 0 Å². The van der Waals surface area contributed by atoms with Gasteiger partial charge in [0.1, 0.15) is 0 Å². The van der Waals surface area contributed by atoms with Crippen molar-refractivity contribution >= 4 is 58.3 Å². The van der Waals surface area contributed by atoms with Crippen LogP contribution < -0.4 is 16.2 Å². The smallest absolute Gasteiger partial charge is 0.225 e. The highest BCUT2D eigenvalue weighted by Crippen LogP contribution is 2.13. The number of carbonyl (C=O) groups is 1.